The smallest absolute Gasteiger partial charge is 0.227 e. The van der Waals surface area contributed by atoms with Crippen LogP contribution in [0.1, 0.15) is 38.9 Å². The first kappa shape index (κ1) is 13.2. The minimum atomic E-state index is -0.411. The number of anilines is 1. The summed E-state index contributed by atoms with van der Waals surface area (Å²) in [5.74, 6) is 1.03. The molecule has 2 N–H and O–H groups in total. The molecule has 1 aromatic heterocycles. The molecule has 18 heavy (non-hydrogen) atoms. The summed E-state index contributed by atoms with van der Waals surface area (Å²) in [7, 11) is 0. The average Bonchev–Trinajstić information content (AvgIpc) is 2.27. The van der Waals surface area contributed by atoms with E-state index in [1.807, 2.05) is 13.8 Å². The van der Waals surface area contributed by atoms with E-state index in [9.17, 15) is 5.11 Å². The molecule has 0 radical (unpaired) electrons. The van der Waals surface area contributed by atoms with E-state index in [1.54, 1.807) is 6.08 Å². The SMILES string of the molecule is CC(C)Nc1nc(Cl)nc(C2=CC(O)CCC2)n1. The van der Waals surface area contributed by atoms with Crippen LogP contribution in [0.3, 0.4) is 0 Å². The number of nitrogens with zero attached hydrogens (tertiary/aromatic N) is 3. The summed E-state index contributed by atoms with van der Waals surface area (Å²) in [4.78, 5) is 12.5. The largest absolute Gasteiger partial charge is 0.389 e. The van der Waals surface area contributed by atoms with Crippen molar-refractivity contribution in [1.29, 1.82) is 0 Å². The lowest BCUT2D eigenvalue weighted by molar-refractivity contribution is 0.206. The van der Waals surface area contributed by atoms with E-state index in [2.05, 4.69) is 20.3 Å². The van der Waals surface area contributed by atoms with Crippen LogP contribution in [0.5, 0.6) is 0 Å². The number of hydrogen-bond acceptors (Lipinski definition) is 5. The van der Waals surface area contributed by atoms with Gasteiger partial charge in [-0.15, -0.1) is 0 Å². The van der Waals surface area contributed by atoms with E-state index < -0.39 is 6.10 Å². The molecule has 0 fully saturated rings. The molecule has 1 atom stereocenters. The third kappa shape index (κ3) is 3.40. The summed E-state index contributed by atoms with van der Waals surface area (Å²) >= 11 is 5.90. The second kappa shape index (κ2) is 5.63. The zero-order chi connectivity index (χ0) is 13.1. The Morgan fingerprint density at radius 3 is 2.83 bits per heavy atom. The van der Waals surface area contributed by atoms with Gasteiger partial charge in [-0.3, -0.25) is 0 Å². The molecule has 6 heteroatoms. The quantitative estimate of drug-likeness (QED) is 0.880. The Kier molecular flexibility index (Phi) is 4.14. The van der Waals surface area contributed by atoms with Crippen molar-refractivity contribution in [2.75, 3.05) is 5.32 Å². The fraction of sp³-hybridized carbons (Fsp3) is 0.583. The van der Waals surface area contributed by atoms with Gasteiger partial charge < -0.3 is 10.4 Å². The summed E-state index contributed by atoms with van der Waals surface area (Å²) in [6.45, 7) is 4.00. The highest BCUT2D eigenvalue weighted by Crippen LogP contribution is 2.25. The van der Waals surface area contributed by atoms with Crippen LogP contribution in [0.2, 0.25) is 5.28 Å². The van der Waals surface area contributed by atoms with Crippen LogP contribution < -0.4 is 5.32 Å². The molecule has 0 aromatic carbocycles. The molecule has 1 aromatic rings. The van der Waals surface area contributed by atoms with Crippen molar-refractivity contribution in [2.45, 2.75) is 45.3 Å². The Morgan fingerprint density at radius 2 is 2.17 bits per heavy atom. The first-order valence-electron chi connectivity index (χ1n) is 6.12. The molecule has 98 valence electrons. The van der Waals surface area contributed by atoms with Gasteiger partial charge in [0.2, 0.25) is 11.2 Å². The molecule has 1 unspecified atom stereocenters. The van der Waals surface area contributed by atoms with E-state index in [-0.39, 0.29) is 11.3 Å². The molecule has 1 aliphatic carbocycles. The van der Waals surface area contributed by atoms with Gasteiger partial charge in [-0.05, 0) is 56.4 Å². The third-order valence-corrected chi connectivity index (χ3v) is 2.82. The summed E-state index contributed by atoms with van der Waals surface area (Å²) in [5.41, 5.74) is 0.935. The summed E-state index contributed by atoms with van der Waals surface area (Å²) < 4.78 is 0. The van der Waals surface area contributed by atoms with Crippen molar-refractivity contribution in [3.8, 4) is 0 Å². The van der Waals surface area contributed by atoms with E-state index in [4.69, 9.17) is 11.6 Å². The highest BCUT2D eigenvalue weighted by Gasteiger charge is 2.16. The molecule has 0 saturated carbocycles. The molecular weight excluding hydrogens is 252 g/mol. The number of halogens is 1. The van der Waals surface area contributed by atoms with Gasteiger partial charge in [0.1, 0.15) is 0 Å². The number of aliphatic hydroxyl groups excluding tert-OH is 1. The van der Waals surface area contributed by atoms with Gasteiger partial charge in [0, 0.05) is 6.04 Å². The summed E-state index contributed by atoms with van der Waals surface area (Å²) in [6.07, 6.45) is 3.97. The van der Waals surface area contributed by atoms with Gasteiger partial charge in [0.05, 0.1) is 6.10 Å². The maximum Gasteiger partial charge on any atom is 0.227 e. The van der Waals surface area contributed by atoms with Crippen LogP contribution in [-0.4, -0.2) is 32.2 Å². The van der Waals surface area contributed by atoms with Gasteiger partial charge in [0.15, 0.2) is 5.82 Å². The number of nitrogens with one attached hydrogen (secondary N) is 1. The van der Waals surface area contributed by atoms with Crippen LogP contribution in [-0.2, 0) is 0 Å². The topological polar surface area (TPSA) is 70.9 Å². The monoisotopic (exact) mass is 268 g/mol. The predicted molar refractivity (Wildman–Crippen MR) is 71.4 cm³/mol. The van der Waals surface area contributed by atoms with Crippen LogP contribution in [0.15, 0.2) is 6.08 Å². The predicted octanol–water partition coefficient (Wildman–Crippen LogP) is 2.27. The lowest BCUT2D eigenvalue weighted by Crippen LogP contribution is -2.15. The van der Waals surface area contributed by atoms with Gasteiger partial charge in [0.25, 0.3) is 0 Å². The Hall–Kier alpha value is -1.20. The van der Waals surface area contributed by atoms with Crippen molar-refractivity contribution in [3.63, 3.8) is 0 Å². The van der Waals surface area contributed by atoms with Crippen molar-refractivity contribution < 1.29 is 5.11 Å². The molecule has 0 saturated heterocycles. The average molecular weight is 269 g/mol. The Balaban J connectivity index is 2.30. The summed E-state index contributed by atoms with van der Waals surface area (Å²) in [5, 5.41) is 12.9. The molecule has 2 rings (SSSR count). The maximum atomic E-state index is 9.63. The van der Waals surface area contributed by atoms with Crippen LogP contribution in [0.25, 0.3) is 5.57 Å². The van der Waals surface area contributed by atoms with Crippen LogP contribution >= 0.6 is 11.6 Å². The minimum absolute atomic E-state index is 0.170. The third-order valence-electron chi connectivity index (χ3n) is 2.65. The standard InChI is InChI=1S/C12H17ClN4O/c1-7(2)14-12-16-10(15-11(13)17-12)8-4-3-5-9(18)6-8/h6-7,9,18H,3-5H2,1-2H3,(H,14,15,16,17). The number of allylic oxidation sites excluding steroid dienone is 1. The van der Waals surface area contributed by atoms with Gasteiger partial charge in [-0.1, -0.05) is 0 Å². The number of rotatable bonds is 3. The normalized spacial score (nSPS) is 19.8. The van der Waals surface area contributed by atoms with Crippen LogP contribution in [0, 0.1) is 0 Å². The zero-order valence-electron chi connectivity index (χ0n) is 10.5. The maximum absolute atomic E-state index is 9.63. The fourth-order valence-corrected chi connectivity index (χ4v) is 2.06. The van der Waals surface area contributed by atoms with E-state index >= 15 is 0 Å². The number of hydrogen-bond donors (Lipinski definition) is 2. The van der Waals surface area contributed by atoms with Gasteiger partial charge in [-0.2, -0.15) is 15.0 Å². The van der Waals surface area contributed by atoms with E-state index in [1.165, 1.54) is 0 Å². The Labute approximate surface area is 111 Å². The minimum Gasteiger partial charge on any atom is -0.389 e. The number of aromatic nitrogens is 3. The van der Waals surface area contributed by atoms with Crippen molar-refractivity contribution in [3.05, 3.63) is 17.2 Å². The lowest BCUT2D eigenvalue weighted by Gasteiger charge is -2.16. The molecule has 1 heterocycles. The second-order valence-corrected chi connectivity index (χ2v) is 5.04. The molecule has 1 aliphatic rings. The van der Waals surface area contributed by atoms with Gasteiger partial charge in [-0.25, -0.2) is 0 Å². The highest BCUT2D eigenvalue weighted by atomic mass is 35.5. The zero-order valence-corrected chi connectivity index (χ0v) is 11.3. The molecular formula is C12H17ClN4O. The molecule has 0 bridgehead atoms. The molecule has 0 spiro atoms. The second-order valence-electron chi connectivity index (χ2n) is 4.70. The lowest BCUT2D eigenvalue weighted by atomic mass is 9.97. The molecule has 5 nitrogen and oxygen atoms in total. The fourth-order valence-electron chi connectivity index (χ4n) is 1.90. The molecule has 0 amide bonds. The van der Waals surface area contributed by atoms with Gasteiger partial charge >= 0.3 is 0 Å². The van der Waals surface area contributed by atoms with E-state index in [0.717, 1.165) is 24.8 Å². The van der Waals surface area contributed by atoms with Crippen LogP contribution in [0.4, 0.5) is 5.95 Å². The Bertz CT molecular complexity index is 461. The van der Waals surface area contributed by atoms with Crippen molar-refractivity contribution in [2.24, 2.45) is 0 Å². The first-order chi connectivity index (χ1) is 8.54. The van der Waals surface area contributed by atoms with Crippen molar-refractivity contribution in [1.82, 2.24) is 15.0 Å². The first-order valence-corrected chi connectivity index (χ1v) is 6.49. The number of aliphatic hydroxyl groups is 1. The Morgan fingerprint density at radius 1 is 1.39 bits per heavy atom. The summed E-state index contributed by atoms with van der Waals surface area (Å²) in [6, 6.07) is 0.224. The van der Waals surface area contributed by atoms with Crippen molar-refractivity contribution >= 4 is 23.1 Å². The molecule has 0 aliphatic heterocycles. The van der Waals surface area contributed by atoms with E-state index in [0.29, 0.717) is 11.8 Å². The highest BCUT2D eigenvalue weighted by molar-refractivity contribution is 6.28.